The highest BCUT2D eigenvalue weighted by molar-refractivity contribution is 5.66. The molecule has 0 bridgehead atoms. The average Bonchev–Trinajstić information content (AvgIpc) is 2.66. The Morgan fingerprint density at radius 3 is 2.50 bits per heavy atom. The minimum Gasteiger partial charge on any atom is -0.382 e. The molecule has 1 aromatic heterocycles. The molecule has 0 radical (unpaired) electrons. The number of hydrogen-bond donors (Lipinski definition) is 1. The van der Waals surface area contributed by atoms with Crippen LogP contribution in [0.5, 0.6) is 0 Å². The Labute approximate surface area is 158 Å². The number of benzene rings is 1. The fourth-order valence-electron chi connectivity index (χ4n) is 3.97. The highest BCUT2D eigenvalue weighted by Crippen LogP contribution is 2.30. The minimum atomic E-state index is 0.438. The van der Waals surface area contributed by atoms with Crippen molar-refractivity contribution in [2.24, 2.45) is 0 Å². The van der Waals surface area contributed by atoms with Gasteiger partial charge in [-0.2, -0.15) is 0 Å². The van der Waals surface area contributed by atoms with E-state index in [2.05, 4.69) is 72.3 Å². The van der Waals surface area contributed by atoms with E-state index in [0.717, 1.165) is 37.7 Å². The summed E-state index contributed by atoms with van der Waals surface area (Å²) in [5.74, 6) is 1.10. The number of nitrogens with zero attached hydrogens (tertiary/aromatic N) is 3. The number of hydrogen-bond acceptors (Lipinski definition) is 4. The summed E-state index contributed by atoms with van der Waals surface area (Å²) >= 11 is 0. The third-order valence-corrected chi connectivity index (χ3v) is 5.15. The lowest BCUT2D eigenvalue weighted by Crippen LogP contribution is -2.48. The topological polar surface area (TPSA) is 31.4 Å². The Hall–Kier alpha value is -2.07. The summed E-state index contributed by atoms with van der Waals surface area (Å²) in [6.07, 6.45) is 4.29. The van der Waals surface area contributed by atoms with Gasteiger partial charge in [0.05, 0.1) is 5.69 Å². The third kappa shape index (κ3) is 4.55. The number of pyridine rings is 1. The van der Waals surface area contributed by atoms with Crippen LogP contribution in [-0.2, 0) is 6.54 Å². The molecule has 1 saturated heterocycles. The molecule has 0 aliphatic carbocycles. The van der Waals surface area contributed by atoms with Crippen LogP contribution in [0.25, 0.3) is 0 Å². The van der Waals surface area contributed by atoms with Gasteiger partial charge in [-0.25, -0.2) is 4.98 Å². The average molecular weight is 353 g/mol. The van der Waals surface area contributed by atoms with Crippen LogP contribution in [0.3, 0.4) is 0 Å². The van der Waals surface area contributed by atoms with Crippen LogP contribution in [0, 0.1) is 0 Å². The van der Waals surface area contributed by atoms with Crippen molar-refractivity contribution in [2.75, 3.05) is 29.9 Å². The maximum Gasteiger partial charge on any atom is 0.152 e. The van der Waals surface area contributed by atoms with Crippen molar-refractivity contribution in [3.63, 3.8) is 0 Å². The molecule has 1 aliphatic rings. The Kier molecular flexibility index (Phi) is 6.51. The lowest BCUT2D eigenvalue weighted by atomic mass is 10.0. The molecule has 1 fully saturated rings. The minimum absolute atomic E-state index is 0.438. The van der Waals surface area contributed by atoms with E-state index in [-0.39, 0.29) is 0 Å². The molecular formula is C22H32N4. The first-order valence-corrected chi connectivity index (χ1v) is 9.92. The van der Waals surface area contributed by atoms with E-state index in [1.54, 1.807) is 0 Å². The quantitative estimate of drug-likeness (QED) is 0.801. The molecule has 4 nitrogen and oxygen atoms in total. The summed E-state index contributed by atoms with van der Waals surface area (Å²) in [5, 5.41) is 3.48. The molecule has 4 heteroatoms. The standard InChI is InChI=1S/C22H32N4/c1-4-23-21-11-8-14-24-22(21)26(18(2)3)20-12-15-25(16-13-20)17-19-9-6-5-7-10-19/h5-11,14,18,20,23H,4,12-13,15-17H2,1-3H3. The predicted octanol–water partition coefficient (Wildman–Crippen LogP) is 4.39. The maximum absolute atomic E-state index is 4.73. The zero-order chi connectivity index (χ0) is 18.4. The van der Waals surface area contributed by atoms with Crippen LogP contribution in [0.2, 0.25) is 0 Å². The summed E-state index contributed by atoms with van der Waals surface area (Å²) in [6, 6.07) is 15.9. The first kappa shape index (κ1) is 18.7. The molecule has 0 atom stereocenters. The van der Waals surface area contributed by atoms with E-state index < -0.39 is 0 Å². The summed E-state index contributed by atoms with van der Waals surface area (Å²) in [7, 11) is 0. The molecule has 1 N–H and O–H groups in total. The zero-order valence-electron chi connectivity index (χ0n) is 16.4. The number of anilines is 2. The second-order valence-corrected chi connectivity index (χ2v) is 7.40. The highest BCUT2D eigenvalue weighted by Gasteiger charge is 2.28. The molecule has 140 valence electrons. The van der Waals surface area contributed by atoms with Crippen molar-refractivity contribution in [3.05, 3.63) is 54.2 Å². The van der Waals surface area contributed by atoms with Crippen molar-refractivity contribution >= 4 is 11.5 Å². The van der Waals surface area contributed by atoms with Crippen molar-refractivity contribution in [3.8, 4) is 0 Å². The molecule has 1 aromatic carbocycles. The summed E-state index contributed by atoms with van der Waals surface area (Å²) in [5.41, 5.74) is 2.56. The predicted molar refractivity (Wildman–Crippen MR) is 111 cm³/mol. The van der Waals surface area contributed by atoms with E-state index in [1.165, 1.54) is 18.4 Å². The van der Waals surface area contributed by atoms with E-state index in [1.807, 2.05) is 12.3 Å². The largest absolute Gasteiger partial charge is 0.382 e. The second-order valence-electron chi connectivity index (χ2n) is 7.40. The maximum atomic E-state index is 4.73. The summed E-state index contributed by atoms with van der Waals surface area (Å²) in [4.78, 5) is 9.83. The molecular weight excluding hydrogens is 320 g/mol. The van der Waals surface area contributed by atoms with Gasteiger partial charge in [-0.1, -0.05) is 30.3 Å². The number of aromatic nitrogens is 1. The van der Waals surface area contributed by atoms with Crippen molar-refractivity contribution < 1.29 is 0 Å². The van der Waals surface area contributed by atoms with Gasteiger partial charge < -0.3 is 10.2 Å². The highest BCUT2D eigenvalue weighted by atomic mass is 15.3. The van der Waals surface area contributed by atoms with Gasteiger partial charge in [0.2, 0.25) is 0 Å². The van der Waals surface area contributed by atoms with Crippen LogP contribution in [0.4, 0.5) is 11.5 Å². The monoisotopic (exact) mass is 352 g/mol. The van der Waals surface area contributed by atoms with Crippen molar-refractivity contribution in [1.82, 2.24) is 9.88 Å². The van der Waals surface area contributed by atoms with Crippen LogP contribution < -0.4 is 10.2 Å². The van der Waals surface area contributed by atoms with Gasteiger partial charge in [0, 0.05) is 44.5 Å². The lowest BCUT2D eigenvalue weighted by molar-refractivity contribution is 0.198. The Bertz CT molecular complexity index is 663. The molecule has 0 amide bonds. The van der Waals surface area contributed by atoms with Gasteiger partial charge in [0.25, 0.3) is 0 Å². The number of rotatable bonds is 7. The van der Waals surface area contributed by atoms with Crippen LogP contribution in [0.15, 0.2) is 48.7 Å². The van der Waals surface area contributed by atoms with Gasteiger partial charge in [0.1, 0.15) is 0 Å². The van der Waals surface area contributed by atoms with Crippen LogP contribution in [-0.4, -0.2) is 41.6 Å². The summed E-state index contributed by atoms with van der Waals surface area (Å²) in [6.45, 7) is 11.0. The number of piperidine rings is 1. The molecule has 1 aliphatic heterocycles. The normalized spacial score (nSPS) is 16.0. The molecule has 0 spiro atoms. The molecule has 2 aromatic rings. The Balaban J connectivity index is 1.67. The SMILES string of the molecule is CCNc1cccnc1N(C(C)C)C1CCN(Cc2ccccc2)CC1. The van der Waals surface area contributed by atoms with E-state index in [9.17, 15) is 0 Å². The Morgan fingerprint density at radius 2 is 1.85 bits per heavy atom. The van der Waals surface area contributed by atoms with Gasteiger partial charge >= 0.3 is 0 Å². The fourth-order valence-corrected chi connectivity index (χ4v) is 3.97. The van der Waals surface area contributed by atoms with E-state index in [0.29, 0.717) is 12.1 Å². The lowest BCUT2D eigenvalue weighted by Gasteiger charge is -2.42. The van der Waals surface area contributed by atoms with Gasteiger partial charge in [-0.15, -0.1) is 0 Å². The fraction of sp³-hybridized carbons (Fsp3) is 0.500. The van der Waals surface area contributed by atoms with Gasteiger partial charge in [-0.3, -0.25) is 4.90 Å². The van der Waals surface area contributed by atoms with Crippen molar-refractivity contribution in [2.45, 2.75) is 52.2 Å². The third-order valence-electron chi connectivity index (χ3n) is 5.15. The second kappa shape index (κ2) is 9.04. The van der Waals surface area contributed by atoms with Crippen LogP contribution >= 0.6 is 0 Å². The zero-order valence-corrected chi connectivity index (χ0v) is 16.4. The first-order valence-electron chi connectivity index (χ1n) is 9.92. The number of likely N-dealkylation sites (tertiary alicyclic amines) is 1. The van der Waals surface area contributed by atoms with E-state index in [4.69, 9.17) is 4.98 Å². The van der Waals surface area contributed by atoms with E-state index >= 15 is 0 Å². The first-order chi connectivity index (χ1) is 12.7. The molecule has 0 saturated carbocycles. The molecule has 2 heterocycles. The summed E-state index contributed by atoms with van der Waals surface area (Å²) < 4.78 is 0. The molecule has 0 unspecified atom stereocenters. The molecule has 26 heavy (non-hydrogen) atoms. The molecule has 3 rings (SSSR count). The smallest absolute Gasteiger partial charge is 0.152 e. The van der Waals surface area contributed by atoms with Crippen molar-refractivity contribution in [1.29, 1.82) is 0 Å². The van der Waals surface area contributed by atoms with Gasteiger partial charge in [0.15, 0.2) is 5.82 Å². The van der Waals surface area contributed by atoms with Crippen LogP contribution in [0.1, 0.15) is 39.2 Å². The number of nitrogens with one attached hydrogen (secondary N) is 1. The van der Waals surface area contributed by atoms with Gasteiger partial charge in [-0.05, 0) is 51.3 Å². The Morgan fingerprint density at radius 1 is 1.12 bits per heavy atom.